The average Bonchev–Trinajstić information content (AvgIpc) is 2.66. The summed E-state index contributed by atoms with van der Waals surface area (Å²) < 4.78 is 31.9. The molecule has 7 nitrogen and oxygen atoms in total. The number of nitrogens with one attached hydrogen (secondary N) is 2. The van der Waals surface area contributed by atoms with Crippen LogP contribution in [0.3, 0.4) is 0 Å². The molecule has 0 aromatic heterocycles. The van der Waals surface area contributed by atoms with Crippen LogP contribution in [0.5, 0.6) is 5.75 Å². The van der Waals surface area contributed by atoms with Crippen LogP contribution in [0.1, 0.15) is 24.8 Å². The summed E-state index contributed by atoms with van der Waals surface area (Å²) in [5.41, 5.74) is 6.75. The maximum absolute atomic E-state index is 12.4. The smallest absolute Gasteiger partial charge is 0.240 e. The molecule has 1 unspecified atom stereocenters. The molecule has 9 heteroatoms. The third kappa shape index (κ3) is 6.79. The summed E-state index contributed by atoms with van der Waals surface area (Å²) in [5, 5.41) is 2.75. The van der Waals surface area contributed by atoms with Gasteiger partial charge in [-0.05, 0) is 41.8 Å². The number of halogens is 1. The van der Waals surface area contributed by atoms with Crippen LogP contribution < -0.4 is 20.5 Å². The molecule has 4 N–H and O–H groups in total. The molecule has 2 aromatic carbocycles. The molecule has 0 saturated heterocycles. The topological polar surface area (TPSA) is 111 Å². The van der Waals surface area contributed by atoms with Crippen LogP contribution in [0.4, 0.5) is 5.69 Å². The number of ether oxygens (including phenoxy) is 1. The second-order valence-corrected chi connectivity index (χ2v) is 7.91. The Hall–Kier alpha value is -2.13. The lowest BCUT2D eigenvalue weighted by atomic mass is 9.97. The van der Waals surface area contributed by atoms with Gasteiger partial charge in [-0.25, -0.2) is 13.1 Å². The van der Waals surface area contributed by atoms with Gasteiger partial charge in [0, 0.05) is 25.2 Å². The van der Waals surface area contributed by atoms with E-state index in [-0.39, 0.29) is 48.6 Å². The molecule has 28 heavy (non-hydrogen) atoms. The standard InChI is InChI=1S/C19H25N3O4S.ClH/c1-14(15-5-3-7-17(12-15)26-2)11-19(23)22-16-6-4-8-18(13-16)27(24,25)21-10-9-20;/h3-8,12-14,21H,9-11,20H2,1-2H3,(H,22,23);1H. The van der Waals surface area contributed by atoms with Crippen LogP contribution in [0.15, 0.2) is 53.4 Å². The first-order chi connectivity index (χ1) is 12.9. The van der Waals surface area contributed by atoms with Gasteiger partial charge in [0.15, 0.2) is 0 Å². The molecule has 1 atom stereocenters. The number of methoxy groups -OCH3 is 1. The predicted molar refractivity (Wildman–Crippen MR) is 113 cm³/mol. The zero-order chi connectivity index (χ0) is 19.9. The van der Waals surface area contributed by atoms with E-state index in [0.29, 0.717) is 5.69 Å². The van der Waals surface area contributed by atoms with E-state index in [1.165, 1.54) is 12.1 Å². The highest BCUT2D eigenvalue weighted by atomic mass is 35.5. The molecule has 0 aliphatic heterocycles. The van der Waals surface area contributed by atoms with Crippen molar-refractivity contribution in [3.05, 3.63) is 54.1 Å². The first-order valence-corrected chi connectivity index (χ1v) is 10.1. The second kappa shape index (κ2) is 11.0. The monoisotopic (exact) mass is 427 g/mol. The van der Waals surface area contributed by atoms with Gasteiger partial charge in [-0.3, -0.25) is 4.79 Å². The van der Waals surface area contributed by atoms with Crippen molar-refractivity contribution >= 4 is 34.0 Å². The molecular formula is C19H26ClN3O4S. The van der Waals surface area contributed by atoms with Gasteiger partial charge in [-0.15, -0.1) is 12.4 Å². The maximum Gasteiger partial charge on any atom is 0.240 e. The molecule has 0 bridgehead atoms. The Labute approximate surface area is 172 Å². The summed E-state index contributed by atoms with van der Waals surface area (Å²) in [6.07, 6.45) is 0.259. The number of amides is 1. The molecule has 0 fully saturated rings. The lowest BCUT2D eigenvalue weighted by molar-refractivity contribution is -0.116. The summed E-state index contributed by atoms with van der Waals surface area (Å²) in [5.74, 6) is 0.524. The minimum Gasteiger partial charge on any atom is -0.497 e. The van der Waals surface area contributed by atoms with E-state index in [1.807, 2.05) is 31.2 Å². The number of hydrogen-bond donors (Lipinski definition) is 3. The molecule has 0 spiro atoms. The summed E-state index contributed by atoms with van der Waals surface area (Å²) in [6, 6.07) is 13.7. The number of benzene rings is 2. The molecule has 0 aliphatic carbocycles. The summed E-state index contributed by atoms with van der Waals surface area (Å²) >= 11 is 0. The van der Waals surface area contributed by atoms with Crippen molar-refractivity contribution in [3.63, 3.8) is 0 Å². The van der Waals surface area contributed by atoms with Crippen molar-refractivity contribution in [3.8, 4) is 5.75 Å². The minimum absolute atomic E-state index is 0. The Kier molecular flexibility index (Phi) is 9.40. The number of sulfonamides is 1. The van der Waals surface area contributed by atoms with E-state index >= 15 is 0 Å². The van der Waals surface area contributed by atoms with E-state index in [0.717, 1.165) is 11.3 Å². The van der Waals surface area contributed by atoms with Gasteiger partial charge in [0.05, 0.1) is 12.0 Å². The lowest BCUT2D eigenvalue weighted by Gasteiger charge is -2.14. The average molecular weight is 428 g/mol. The van der Waals surface area contributed by atoms with Crippen molar-refractivity contribution in [1.82, 2.24) is 4.72 Å². The van der Waals surface area contributed by atoms with Gasteiger partial charge in [-0.2, -0.15) is 0 Å². The first-order valence-electron chi connectivity index (χ1n) is 8.59. The Morgan fingerprint density at radius 2 is 1.89 bits per heavy atom. The van der Waals surface area contributed by atoms with Crippen molar-refractivity contribution in [1.29, 1.82) is 0 Å². The summed E-state index contributed by atoms with van der Waals surface area (Å²) in [4.78, 5) is 12.4. The summed E-state index contributed by atoms with van der Waals surface area (Å²) in [7, 11) is -2.05. The first kappa shape index (κ1) is 23.9. The molecule has 0 saturated carbocycles. The Morgan fingerprint density at radius 1 is 1.18 bits per heavy atom. The number of anilines is 1. The van der Waals surface area contributed by atoms with Crippen molar-refractivity contribution in [2.45, 2.75) is 24.2 Å². The van der Waals surface area contributed by atoms with Crippen LogP contribution in [-0.4, -0.2) is 34.5 Å². The van der Waals surface area contributed by atoms with Gasteiger partial charge in [0.25, 0.3) is 0 Å². The van der Waals surface area contributed by atoms with Gasteiger partial charge in [-0.1, -0.05) is 25.1 Å². The van der Waals surface area contributed by atoms with Gasteiger partial charge in [0.2, 0.25) is 15.9 Å². The van der Waals surface area contributed by atoms with Crippen LogP contribution in [0.25, 0.3) is 0 Å². The van der Waals surface area contributed by atoms with Crippen LogP contribution in [-0.2, 0) is 14.8 Å². The fourth-order valence-corrected chi connectivity index (χ4v) is 3.67. The largest absolute Gasteiger partial charge is 0.497 e. The molecule has 0 radical (unpaired) electrons. The number of hydrogen-bond acceptors (Lipinski definition) is 5. The van der Waals surface area contributed by atoms with Crippen LogP contribution >= 0.6 is 12.4 Å². The highest BCUT2D eigenvalue weighted by Gasteiger charge is 2.15. The number of carbonyl (C=O) groups is 1. The van der Waals surface area contributed by atoms with E-state index in [2.05, 4.69) is 10.0 Å². The van der Waals surface area contributed by atoms with Crippen LogP contribution in [0.2, 0.25) is 0 Å². The fourth-order valence-electron chi connectivity index (χ4n) is 2.57. The number of nitrogens with two attached hydrogens (primary N) is 1. The van der Waals surface area contributed by atoms with Gasteiger partial charge >= 0.3 is 0 Å². The van der Waals surface area contributed by atoms with Gasteiger partial charge < -0.3 is 15.8 Å². The Balaban J connectivity index is 0.00000392. The normalized spacial score (nSPS) is 12.0. The molecule has 0 aliphatic rings. The quantitative estimate of drug-likeness (QED) is 0.569. The lowest BCUT2D eigenvalue weighted by Crippen LogP contribution is -2.29. The van der Waals surface area contributed by atoms with Crippen molar-refractivity contribution < 1.29 is 17.9 Å². The molecular weight excluding hydrogens is 402 g/mol. The molecule has 2 rings (SSSR count). The minimum atomic E-state index is -3.65. The Morgan fingerprint density at radius 3 is 2.57 bits per heavy atom. The zero-order valence-electron chi connectivity index (χ0n) is 15.8. The predicted octanol–water partition coefficient (Wildman–Crippen LogP) is 2.49. The van der Waals surface area contributed by atoms with E-state index < -0.39 is 10.0 Å². The molecule has 0 heterocycles. The zero-order valence-corrected chi connectivity index (χ0v) is 17.5. The third-order valence-electron chi connectivity index (χ3n) is 4.02. The second-order valence-electron chi connectivity index (χ2n) is 6.14. The summed E-state index contributed by atoms with van der Waals surface area (Å²) in [6.45, 7) is 2.31. The number of rotatable bonds is 9. The third-order valence-corrected chi connectivity index (χ3v) is 5.48. The van der Waals surface area contributed by atoms with E-state index in [1.54, 1.807) is 19.2 Å². The van der Waals surface area contributed by atoms with E-state index in [4.69, 9.17) is 10.5 Å². The van der Waals surface area contributed by atoms with Crippen molar-refractivity contribution in [2.75, 3.05) is 25.5 Å². The molecule has 1 amide bonds. The Bertz CT molecular complexity index is 890. The fraction of sp³-hybridized carbons (Fsp3) is 0.316. The van der Waals surface area contributed by atoms with Gasteiger partial charge in [0.1, 0.15) is 5.75 Å². The number of carbonyl (C=O) groups excluding carboxylic acids is 1. The molecule has 2 aromatic rings. The van der Waals surface area contributed by atoms with E-state index in [9.17, 15) is 13.2 Å². The SMILES string of the molecule is COc1cccc(C(C)CC(=O)Nc2cccc(S(=O)(=O)NCCN)c2)c1.Cl. The van der Waals surface area contributed by atoms with Crippen LogP contribution in [0, 0.1) is 0 Å². The van der Waals surface area contributed by atoms with Crippen molar-refractivity contribution in [2.24, 2.45) is 5.73 Å². The highest BCUT2D eigenvalue weighted by Crippen LogP contribution is 2.24. The highest BCUT2D eigenvalue weighted by molar-refractivity contribution is 7.89. The maximum atomic E-state index is 12.4. The molecule has 154 valence electrons.